The second-order valence-corrected chi connectivity index (χ2v) is 5.11. The molecule has 0 radical (unpaired) electrons. The first-order valence-electron chi connectivity index (χ1n) is 5.48. The zero-order chi connectivity index (χ0) is 14.3. The van der Waals surface area contributed by atoms with E-state index in [1.165, 1.54) is 23.5 Å². The smallest absolute Gasteiger partial charge is 0.336 e. The first-order valence-corrected chi connectivity index (χ1v) is 6.80. The number of carbonyl (C=O) groups is 1. The van der Waals surface area contributed by atoms with E-state index >= 15 is 0 Å². The van der Waals surface area contributed by atoms with Gasteiger partial charge in [0.1, 0.15) is 11.3 Å². The SMILES string of the molecule is O=C(O)c1cc(-c2cscn2)nc2c(F)ccc(Cl)c12. The highest BCUT2D eigenvalue weighted by atomic mass is 35.5. The molecule has 0 aliphatic rings. The second kappa shape index (κ2) is 4.81. The number of hydrogen-bond donors (Lipinski definition) is 1. The minimum atomic E-state index is -1.19. The Kier molecular flexibility index (Phi) is 3.11. The van der Waals surface area contributed by atoms with Crippen LogP contribution in [0.4, 0.5) is 4.39 Å². The lowest BCUT2D eigenvalue weighted by atomic mass is 10.1. The van der Waals surface area contributed by atoms with E-state index in [2.05, 4.69) is 9.97 Å². The van der Waals surface area contributed by atoms with Crippen LogP contribution in [0.1, 0.15) is 10.4 Å². The number of aromatic nitrogens is 2. The zero-order valence-electron chi connectivity index (χ0n) is 9.80. The lowest BCUT2D eigenvalue weighted by Crippen LogP contribution is -2.02. The number of fused-ring (bicyclic) bond motifs is 1. The van der Waals surface area contributed by atoms with E-state index < -0.39 is 11.8 Å². The Labute approximate surface area is 121 Å². The number of halogens is 2. The Morgan fingerprint density at radius 3 is 2.80 bits per heavy atom. The Bertz CT molecular complexity index is 821. The molecular formula is C13H6ClFN2O2S. The van der Waals surface area contributed by atoms with Crippen LogP contribution in [0.3, 0.4) is 0 Å². The summed E-state index contributed by atoms with van der Waals surface area (Å²) in [6, 6.07) is 3.83. The van der Waals surface area contributed by atoms with Gasteiger partial charge in [-0.15, -0.1) is 11.3 Å². The number of hydrogen-bond acceptors (Lipinski definition) is 4. The van der Waals surface area contributed by atoms with Gasteiger partial charge >= 0.3 is 5.97 Å². The van der Waals surface area contributed by atoms with Crippen LogP contribution in [0.2, 0.25) is 5.02 Å². The first kappa shape index (κ1) is 13.0. The van der Waals surface area contributed by atoms with E-state index in [1.54, 1.807) is 10.9 Å². The summed E-state index contributed by atoms with van der Waals surface area (Å²) < 4.78 is 13.9. The molecule has 7 heteroatoms. The molecule has 3 rings (SSSR count). The highest BCUT2D eigenvalue weighted by Crippen LogP contribution is 2.31. The third-order valence-electron chi connectivity index (χ3n) is 2.79. The summed E-state index contributed by atoms with van der Waals surface area (Å²) >= 11 is 7.31. The molecule has 1 aromatic carbocycles. The normalized spacial score (nSPS) is 10.9. The molecule has 100 valence electrons. The number of carboxylic acids is 1. The van der Waals surface area contributed by atoms with E-state index in [0.717, 1.165) is 6.07 Å². The van der Waals surface area contributed by atoms with Crippen LogP contribution >= 0.6 is 22.9 Å². The fraction of sp³-hybridized carbons (Fsp3) is 0. The third kappa shape index (κ3) is 2.03. The summed E-state index contributed by atoms with van der Waals surface area (Å²) in [5.74, 6) is -1.81. The molecule has 2 aromatic heterocycles. The van der Waals surface area contributed by atoms with Gasteiger partial charge in [0.15, 0.2) is 0 Å². The Morgan fingerprint density at radius 1 is 1.35 bits per heavy atom. The van der Waals surface area contributed by atoms with Crippen LogP contribution in [0.25, 0.3) is 22.3 Å². The number of benzene rings is 1. The Balaban J connectivity index is 2.43. The predicted octanol–water partition coefficient (Wildman–Crippen LogP) is 3.85. The molecule has 0 aliphatic heterocycles. The van der Waals surface area contributed by atoms with Crippen LogP contribution in [0, 0.1) is 5.82 Å². The number of aromatic carboxylic acids is 1. The lowest BCUT2D eigenvalue weighted by molar-refractivity contribution is 0.0699. The maximum Gasteiger partial charge on any atom is 0.336 e. The molecule has 3 aromatic rings. The quantitative estimate of drug-likeness (QED) is 0.781. The standard InChI is InChI=1S/C13H6ClFN2O2S/c14-7-1-2-8(15)12-11(7)6(13(18)19)3-9(17-12)10-4-20-5-16-10/h1-5H,(H,18,19). The van der Waals surface area contributed by atoms with Gasteiger partial charge in [0.05, 0.1) is 27.5 Å². The van der Waals surface area contributed by atoms with Gasteiger partial charge in [0.2, 0.25) is 0 Å². The van der Waals surface area contributed by atoms with Crippen LogP contribution in [-0.4, -0.2) is 21.0 Å². The largest absolute Gasteiger partial charge is 0.478 e. The van der Waals surface area contributed by atoms with Gasteiger partial charge in [0, 0.05) is 10.8 Å². The molecular weight excluding hydrogens is 303 g/mol. The summed E-state index contributed by atoms with van der Waals surface area (Å²) in [6.45, 7) is 0. The molecule has 0 atom stereocenters. The van der Waals surface area contributed by atoms with Crippen molar-refractivity contribution in [1.29, 1.82) is 0 Å². The van der Waals surface area contributed by atoms with Gasteiger partial charge in [0.25, 0.3) is 0 Å². The number of carboxylic acid groups (broad SMARTS) is 1. The van der Waals surface area contributed by atoms with Crippen molar-refractivity contribution in [3.05, 3.63) is 45.5 Å². The molecule has 0 fully saturated rings. The number of nitrogens with zero attached hydrogens (tertiary/aromatic N) is 2. The molecule has 2 heterocycles. The summed E-state index contributed by atoms with van der Waals surface area (Å²) in [5, 5.41) is 11.2. The fourth-order valence-electron chi connectivity index (χ4n) is 1.91. The Hall–Kier alpha value is -2.05. The molecule has 0 bridgehead atoms. The summed E-state index contributed by atoms with van der Waals surface area (Å²) in [7, 11) is 0. The second-order valence-electron chi connectivity index (χ2n) is 3.99. The van der Waals surface area contributed by atoms with Gasteiger partial charge in [-0.05, 0) is 18.2 Å². The fourth-order valence-corrected chi connectivity index (χ4v) is 2.71. The third-order valence-corrected chi connectivity index (χ3v) is 3.69. The van der Waals surface area contributed by atoms with Gasteiger partial charge in [-0.2, -0.15) is 0 Å². The molecule has 1 N–H and O–H groups in total. The van der Waals surface area contributed by atoms with Crippen LogP contribution in [-0.2, 0) is 0 Å². The minimum absolute atomic E-state index is 0.0691. The van der Waals surface area contributed by atoms with Crippen molar-refractivity contribution in [2.24, 2.45) is 0 Å². The van der Waals surface area contributed by atoms with Gasteiger partial charge in [-0.1, -0.05) is 11.6 Å². The van der Waals surface area contributed by atoms with Crippen molar-refractivity contribution in [3.8, 4) is 11.4 Å². The minimum Gasteiger partial charge on any atom is -0.478 e. The maximum atomic E-state index is 13.9. The van der Waals surface area contributed by atoms with E-state index in [1.807, 2.05) is 0 Å². The number of rotatable bonds is 2. The molecule has 0 saturated heterocycles. The zero-order valence-corrected chi connectivity index (χ0v) is 11.4. The van der Waals surface area contributed by atoms with E-state index in [-0.39, 0.29) is 21.5 Å². The highest BCUT2D eigenvalue weighted by molar-refractivity contribution is 7.07. The van der Waals surface area contributed by atoms with Crippen LogP contribution in [0.5, 0.6) is 0 Å². The van der Waals surface area contributed by atoms with Crippen molar-refractivity contribution in [2.75, 3.05) is 0 Å². The van der Waals surface area contributed by atoms with E-state index in [4.69, 9.17) is 11.6 Å². The van der Waals surface area contributed by atoms with Crippen molar-refractivity contribution in [3.63, 3.8) is 0 Å². The van der Waals surface area contributed by atoms with Crippen LogP contribution < -0.4 is 0 Å². The number of pyridine rings is 1. The van der Waals surface area contributed by atoms with Crippen molar-refractivity contribution in [2.45, 2.75) is 0 Å². The van der Waals surface area contributed by atoms with Crippen molar-refractivity contribution in [1.82, 2.24) is 9.97 Å². The number of thiazole rings is 1. The predicted molar refractivity (Wildman–Crippen MR) is 74.8 cm³/mol. The van der Waals surface area contributed by atoms with E-state index in [0.29, 0.717) is 11.4 Å². The van der Waals surface area contributed by atoms with Gasteiger partial charge < -0.3 is 5.11 Å². The molecule has 0 saturated carbocycles. The summed E-state index contributed by atoms with van der Waals surface area (Å²) in [6.07, 6.45) is 0. The Morgan fingerprint density at radius 2 is 2.15 bits per heavy atom. The maximum absolute atomic E-state index is 13.9. The first-order chi connectivity index (χ1) is 9.58. The molecule has 0 spiro atoms. The lowest BCUT2D eigenvalue weighted by Gasteiger charge is -2.07. The molecule has 0 aliphatic carbocycles. The van der Waals surface area contributed by atoms with Crippen molar-refractivity contribution >= 4 is 39.8 Å². The van der Waals surface area contributed by atoms with Gasteiger partial charge in [-0.3, -0.25) is 0 Å². The average Bonchev–Trinajstić information content (AvgIpc) is 2.96. The summed E-state index contributed by atoms with van der Waals surface area (Å²) in [4.78, 5) is 19.6. The summed E-state index contributed by atoms with van der Waals surface area (Å²) in [5.41, 5.74) is 2.23. The van der Waals surface area contributed by atoms with Crippen molar-refractivity contribution < 1.29 is 14.3 Å². The highest BCUT2D eigenvalue weighted by Gasteiger charge is 2.18. The van der Waals surface area contributed by atoms with E-state index in [9.17, 15) is 14.3 Å². The topological polar surface area (TPSA) is 63.1 Å². The molecule has 0 unspecified atom stereocenters. The monoisotopic (exact) mass is 308 g/mol. The van der Waals surface area contributed by atoms with Gasteiger partial charge in [-0.25, -0.2) is 19.2 Å². The molecule has 0 amide bonds. The molecule has 4 nitrogen and oxygen atoms in total. The molecule has 20 heavy (non-hydrogen) atoms. The van der Waals surface area contributed by atoms with Crippen LogP contribution in [0.15, 0.2) is 29.1 Å². The average molecular weight is 309 g/mol.